The summed E-state index contributed by atoms with van der Waals surface area (Å²) in [7, 11) is 0. The van der Waals surface area contributed by atoms with E-state index in [1.807, 2.05) is 13.0 Å². The second-order valence-electron chi connectivity index (χ2n) is 8.13. The number of nitriles is 1. The smallest absolute Gasteiger partial charge is 0.387 e. The first-order valence-corrected chi connectivity index (χ1v) is 10.0. The largest absolute Gasteiger partial charge is 0.433 e. The summed E-state index contributed by atoms with van der Waals surface area (Å²) in [6.07, 6.45) is 7.92. The van der Waals surface area contributed by atoms with Crippen LogP contribution in [-0.2, 0) is 4.79 Å². The number of carbonyl (C=O) groups is 1. The van der Waals surface area contributed by atoms with Crippen molar-refractivity contribution in [2.24, 2.45) is 17.3 Å². The van der Waals surface area contributed by atoms with Gasteiger partial charge in [-0.1, -0.05) is 6.92 Å². The Morgan fingerprint density at radius 1 is 1.29 bits per heavy atom. The third kappa shape index (κ3) is 3.02. The van der Waals surface area contributed by atoms with Gasteiger partial charge in [-0.3, -0.25) is 9.78 Å². The third-order valence-corrected chi connectivity index (χ3v) is 6.29. The topological polar surface area (TPSA) is 83.5 Å². The van der Waals surface area contributed by atoms with Gasteiger partial charge in [0, 0.05) is 42.2 Å². The van der Waals surface area contributed by atoms with Crippen molar-refractivity contribution < 1.29 is 18.3 Å². The van der Waals surface area contributed by atoms with Crippen molar-refractivity contribution in [1.82, 2.24) is 14.6 Å². The van der Waals surface area contributed by atoms with Gasteiger partial charge >= 0.3 is 6.61 Å². The summed E-state index contributed by atoms with van der Waals surface area (Å²) in [5.41, 5.74) is 1.66. The predicted octanol–water partition coefficient (Wildman–Crippen LogP) is 3.90. The van der Waals surface area contributed by atoms with Crippen LogP contribution in [0.1, 0.15) is 19.8 Å². The SMILES string of the molecule is C[C@@H]1CN(c2ccnn3cc(-c4cncc(OC(F)F)c4)cc23)C(=O)[C@]1(C#N)C1CC1. The first-order valence-electron chi connectivity index (χ1n) is 10.0. The summed E-state index contributed by atoms with van der Waals surface area (Å²) in [4.78, 5) is 19.1. The number of hydrogen-bond donors (Lipinski definition) is 0. The third-order valence-electron chi connectivity index (χ3n) is 6.29. The molecule has 1 saturated carbocycles. The van der Waals surface area contributed by atoms with Crippen molar-refractivity contribution in [2.75, 3.05) is 11.4 Å². The van der Waals surface area contributed by atoms with Crippen LogP contribution < -0.4 is 9.64 Å². The monoisotopic (exact) mass is 423 g/mol. The Morgan fingerprint density at radius 2 is 2.10 bits per heavy atom. The minimum Gasteiger partial charge on any atom is -0.433 e. The molecule has 7 nitrogen and oxygen atoms in total. The minimum absolute atomic E-state index is 0.0391. The normalized spacial score (nSPS) is 23.5. The molecule has 2 atom stereocenters. The van der Waals surface area contributed by atoms with E-state index >= 15 is 0 Å². The highest BCUT2D eigenvalue weighted by Gasteiger charge is 2.61. The lowest BCUT2D eigenvalue weighted by atomic mass is 9.75. The van der Waals surface area contributed by atoms with Crippen molar-refractivity contribution in [2.45, 2.75) is 26.4 Å². The maximum atomic E-state index is 13.4. The maximum Gasteiger partial charge on any atom is 0.387 e. The molecule has 2 aliphatic rings. The van der Waals surface area contributed by atoms with Crippen molar-refractivity contribution in [3.8, 4) is 22.9 Å². The Bertz CT molecular complexity index is 1220. The molecular formula is C22H19F2N5O2. The first kappa shape index (κ1) is 19.4. The van der Waals surface area contributed by atoms with Gasteiger partial charge in [-0.15, -0.1) is 0 Å². The maximum absolute atomic E-state index is 13.4. The number of amides is 1. The number of pyridine rings is 1. The van der Waals surface area contributed by atoms with Crippen LogP contribution in [0.4, 0.5) is 14.5 Å². The van der Waals surface area contributed by atoms with E-state index in [1.54, 1.807) is 34.1 Å². The van der Waals surface area contributed by atoms with E-state index in [4.69, 9.17) is 0 Å². The molecule has 0 unspecified atom stereocenters. The van der Waals surface area contributed by atoms with Gasteiger partial charge in [0.25, 0.3) is 0 Å². The Morgan fingerprint density at radius 3 is 2.81 bits per heavy atom. The highest BCUT2D eigenvalue weighted by molar-refractivity contribution is 6.05. The zero-order valence-corrected chi connectivity index (χ0v) is 16.7. The van der Waals surface area contributed by atoms with Gasteiger partial charge < -0.3 is 9.64 Å². The van der Waals surface area contributed by atoms with Crippen LogP contribution in [0, 0.1) is 28.6 Å². The van der Waals surface area contributed by atoms with Crippen molar-refractivity contribution >= 4 is 17.1 Å². The molecule has 1 aliphatic heterocycles. The van der Waals surface area contributed by atoms with E-state index in [0.717, 1.165) is 12.8 Å². The summed E-state index contributed by atoms with van der Waals surface area (Å²) in [6, 6.07) is 7.41. The standard InChI is InChI=1S/C22H19F2N5O2/c1-13-10-28(20(30)22(13,12-25)16-2-3-16)18-4-5-27-29-11-15(7-19(18)29)14-6-17(9-26-8-14)31-21(23)24/h4-9,11,13,16,21H,2-3,10H2,1H3/t13-,22+/m1/s1. The summed E-state index contributed by atoms with van der Waals surface area (Å²) >= 11 is 0. The Hall–Kier alpha value is -3.54. The Labute approximate surface area is 176 Å². The lowest BCUT2D eigenvalue weighted by molar-refractivity contribution is -0.124. The molecule has 3 aromatic heterocycles. The predicted molar refractivity (Wildman–Crippen MR) is 107 cm³/mol. The number of carbonyl (C=O) groups excluding carboxylic acids is 1. The highest BCUT2D eigenvalue weighted by Crippen LogP contribution is 2.54. The van der Waals surface area contributed by atoms with Crippen molar-refractivity contribution in [3.05, 3.63) is 43.0 Å². The first-order chi connectivity index (χ1) is 14.9. The van der Waals surface area contributed by atoms with Gasteiger partial charge in [-0.25, -0.2) is 4.52 Å². The average Bonchev–Trinajstić information content (AvgIpc) is 3.44. The van der Waals surface area contributed by atoms with Crippen molar-refractivity contribution in [1.29, 1.82) is 5.26 Å². The van der Waals surface area contributed by atoms with Crippen LogP contribution in [-0.4, -0.2) is 33.7 Å². The summed E-state index contributed by atoms with van der Waals surface area (Å²) in [6.45, 7) is -0.516. The van der Waals surface area contributed by atoms with Gasteiger partial charge in [0.1, 0.15) is 11.2 Å². The molecule has 1 saturated heterocycles. The van der Waals surface area contributed by atoms with Gasteiger partial charge in [-0.2, -0.15) is 19.1 Å². The molecule has 0 N–H and O–H groups in total. The second kappa shape index (κ2) is 7.01. The highest BCUT2D eigenvalue weighted by atomic mass is 19.3. The molecule has 1 aliphatic carbocycles. The summed E-state index contributed by atoms with van der Waals surface area (Å²) in [5.74, 6) is -0.154. The van der Waals surface area contributed by atoms with Crippen LogP contribution in [0.15, 0.2) is 43.0 Å². The number of ether oxygens (including phenoxy) is 1. The van der Waals surface area contributed by atoms with Crippen LogP contribution in [0.2, 0.25) is 0 Å². The van der Waals surface area contributed by atoms with Gasteiger partial charge in [0.15, 0.2) is 0 Å². The molecule has 31 heavy (non-hydrogen) atoms. The van der Waals surface area contributed by atoms with E-state index in [-0.39, 0.29) is 23.5 Å². The molecule has 2 fully saturated rings. The summed E-state index contributed by atoms with van der Waals surface area (Å²) < 4.78 is 31.2. The van der Waals surface area contributed by atoms with Gasteiger partial charge in [0.2, 0.25) is 5.91 Å². The minimum atomic E-state index is -2.94. The quantitative estimate of drug-likeness (QED) is 0.622. The van der Waals surface area contributed by atoms with E-state index in [1.165, 1.54) is 12.3 Å². The Kier molecular flexibility index (Phi) is 4.39. The number of halogens is 2. The molecule has 3 aromatic rings. The molecule has 158 valence electrons. The molecule has 0 bridgehead atoms. The van der Waals surface area contributed by atoms with Gasteiger partial charge in [-0.05, 0) is 37.0 Å². The number of rotatable bonds is 5. The number of nitrogens with zero attached hydrogens (tertiary/aromatic N) is 5. The fourth-order valence-corrected chi connectivity index (χ4v) is 4.64. The van der Waals surface area contributed by atoms with E-state index in [0.29, 0.717) is 28.9 Å². The molecule has 9 heteroatoms. The number of hydrogen-bond acceptors (Lipinski definition) is 5. The number of alkyl halides is 2. The van der Waals surface area contributed by atoms with E-state index < -0.39 is 12.0 Å². The second-order valence-corrected chi connectivity index (χ2v) is 8.13. The van der Waals surface area contributed by atoms with E-state index in [2.05, 4.69) is 20.9 Å². The lowest BCUT2D eigenvalue weighted by Crippen LogP contribution is -2.37. The molecule has 5 rings (SSSR count). The number of anilines is 1. The van der Waals surface area contributed by atoms with E-state index in [9.17, 15) is 18.8 Å². The molecule has 0 aromatic carbocycles. The molecular weight excluding hydrogens is 404 g/mol. The number of fused-ring (bicyclic) bond motifs is 1. The fraction of sp³-hybridized carbons (Fsp3) is 0.364. The Balaban J connectivity index is 1.55. The van der Waals surface area contributed by atoms with Gasteiger partial charge in [0.05, 0.1) is 23.5 Å². The van der Waals surface area contributed by atoms with Crippen LogP contribution in [0.25, 0.3) is 16.6 Å². The molecule has 0 spiro atoms. The van der Waals surface area contributed by atoms with Crippen molar-refractivity contribution in [3.63, 3.8) is 0 Å². The van der Waals surface area contributed by atoms with Crippen LogP contribution in [0.5, 0.6) is 5.75 Å². The van der Waals surface area contributed by atoms with Crippen LogP contribution in [0.3, 0.4) is 0 Å². The molecule has 1 amide bonds. The lowest BCUT2D eigenvalue weighted by Gasteiger charge is -2.23. The zero-order valence-electron chi connectivity index (χ0n) is 16.7. The zero-order chi connectivity index (χ0) is 21.8. The molecule has 4 heterocycles. The van der Waals surface area contributed by atoms with Crippen LogP contribution >= 0.6 is 0 Å². The average molecular weight is 423 g/mol. The molecule has 0 radical (unpaired) electrons. The summed E-state index contributed by atoms with van der Waals surface area (Å²) in [5, 5.41) is 14.2. The number of aromatic nitrogens is 3. The fourth-order valence-electron chi connectivity index (χ4n) is 4.64.